The third kappa shape index (κ3) is 4.96. The Hall–Kier alpha value is -2.60. The van der Waals surface area contributed by atoms with Crippen LogP contribution in [-0.4, -0.2) is 30.5 Å². The molecular formula is C16H16ClN3O3. The Labute approximate surface area is 138 Å². The predicted octanol–water partition coefficient (Wildman–Crippen LogP) is 2.25. The van der Waals surface area contributed by atoms with E-state index in [1.54, 1.807) is 24.4 Å². The second-order valence-electron chi connectivity index (χ2n) is 4.64. The van der Waals surface area contributed by atoms with Crippen molar-refractivity contribution in [2.45, 2.75) is 6.54 Å². The van der Waals surface area contributed by atoms with Gasteiger partial charge in [-0.3, -0.25) is 9.78 Å². The number of carbonyl (C=O) groups is 2. The molecule has 0 fully saturated rings. The van der Waals surface area contributed by atoms with E-state index in [1.165, 1.54) is 7.11 Å². The first-order valence-electron chi connectivity index (χ1n) is 6.88. The number of nitrogens with zero attached hydrogens (tertiary/aromatic N) is 1. The zero-order valence-corrected chi connectivity index (χ0v) is 13.3. The van der Waals surface area contributed by atoms with E-state index in [1.807, 2.05) is 18.2 Å². The Morgan fingerprint density at radius 3 is 2.78 bits per heavy atom. The minimum absolute atomic E-state index is 0.0250. The Morgan fingerprint density at radius 2 is 2.09 bits per heavy atom. The van der Waals surface area contributed by atoms with Crippen LogP contribution in [0.5, 0.6) is 0 Å². The van der Waals surface area contributed by atoms with Gasteiger partial charge in [0.15, 0.2) is 0 Å². The number of carbonyl (C=O) groups excluding carboxylic acids is 2. The lowest BCUT2D eigenvalue weighted by Gasteiger charge is -2.10. The molecule has 0 unspecified atom stereocenters. The van der Waals surface area contributed by atoms with Crippen LogP contribution in [0.15, 0.2) is 42.6 Å². The van der Waals surface area contributed by atoms with E-state index < -0.39 is 5.97 Å². The molecule has 0 aliphatic rings. The fraction of sp³-hybridized carbons (Fsp3) is 0.188. The normalized spacial score (nSPS) is 10.0. The summed E-state index contributed by atoms with van der Waals surface area (Å²) in [6.45, 7) is 0.370. The molecule has 1 heterocycles. The second-order valence-corrected chi connectivity index (χ2v) is 5.04. The summed E-state index contributed by atoms with van der Waals surface area (Å²) in [6.07, 6.45) is 1.66. The number of hydrogen-bond acceptors (Lipinski definition) is 5. The van der Waals surface area contributed by atoms with Gasteiger partial charge in [-0.05, 0) is 30.3 Å². The van der Waals surface area contributed by atoms with Gasteiger partial charge in [0, 0.05) is 6.20 Å². The molecule has 0 atom stereocenters. The summed E-state index contributed by atoms with van der Waals surface area (Å²) in [5, 5.41) is 6.05. The van der Waals surface area contributed by atoms with E-state index >= 15 is 0 Å². The quantitative estimate of drug-likeness (QED) is 0.792. The third-order valence-corrected chi connectivity index (χ3v) is 3.35. The number of aromatic nitrogens is 1. The molecule has 0 radical (unpaired) electrons. The van der Waals surface area contributed by atoms with Crippen molar-refractivity contribution in [2.24, 2.45) is 0 Å². The maximum atomic E-state index is 11.8. The van der Waals surface area contributed by atoms with Gasteiger partial charge in [0.1, 0.15) is 0 Å². The van der Waals surface area contributed by atoms with Gasteiger partial charge in [0.2, 0.25) is 5.91 Å². The van der Waals surface area contributed by atoms with Crippen LogP contribution in [-0.2, 0) is 16.1 Å². The Balaban J connectivity index is 1.89. The summed E-state index contributed by atoms with van der Waals surface area (Å²) in [5.74, 6) is -0.681. The molecule has 0 spiro atoms. The monoisotopic (exact) mass is 333 g/mol. The summed E-state index contributed by atoms with van der Waals surface area (Å²) in [7, 11) is 1.30. The number of rotatable bonds is 6. The molecule has 120 valence electrons. The molecule has 0 aliphatic heterocycles. The number of anilines is 1. The summed E-state index contributed by atoms with van der Waals surface area (Å²) in [6, 6.07) is 10.2. The van der Waals surface area contributed by atoms with Gasteiger partial charge >= 0.3 is 5.97 Å². The first kappa shape index (κ1) is 16.8. The molecule has 0 bridgehead atoms. The van der Waals surface area contributed by atoms with Crippen LogP contribution in [0, 0.1) is 0 Å². The first-order valence-corrected chi connectivity index (χ1v) is 7.26. The van der Waals surface area contributed by atoms with Gasteiger partial charge in [-0.25, -0.2) is 4.79 Å². The lowest BCUT2D eigenvalue weighted by atomic mass is 10.2. The van der Waals surface area contributed by atoms with Crippen LogP contribution < -0.4 is 10.6 Å². The van der Waals surface area contributed by atoms with Gasteiger partial charge in [0.25, 0.3) is 0 Å². The van der Waals surface area contributed by atoms with Gasteiger partial charge < -0.3 is 15.4 Å². The van der Waals surface area contributed by atoms with E-state index in [2.05, 4.69) is 20.4 Å². The number of nitrogens with one attached hydrogen (secondary N) is 2. The molecule has 0 saturated carbocycles. The van der Waals surface area contributed by atoms with Crippen molar-refractivity contribution in [3.05, 3.63) is 58.9 Å². The fourth-order valence-corrected chi connectivity index (χ4v) is 2.02. The predicted molar refractivity (Wildman–Crippen MR) is 87.4 cm³/mol. The molecule has 2 N–H and O–H groups in total. The number of ether oxygens (including phenoxy) is 1. The summed E-state index contributed by atoms with van der Waals surface area (Å²) in [4.78, 5) is 27.5. The highest BCUT2D eigenvalue weighted by Crippen LogP contribution is 2.23. The average molecular weight is 334 g/mol. The number of esters is 1. The Bertz CT molecular complexity index is 692. The fourth-order valence-electron chi connectivity index (χ4n) is 1.84. The van der Waals surface area contributed by atoms with E-state index in [0.717, 1.165) is 5.69 Å². The van der Waals surface area contributed by atoms with E-state index in [9.17, 15) is 9.59 Å². The number of benzene rings is 1. The molecule has 1 aromatic heterocycles. The van der Waals surface area contributed by atoms with E-state index in [-0.39, 0.29) is 12.5 Å². The molecule has 2 aromatic rings. The zero-order valence-electron chi connectivity index (χ0n) is 12.5. The molecular weight excluding hydrogens is 318 g/mol. The Kier molecular flexibility index (Phi) is 5.94. The highest BCUT2D eigenvalue weighted by atomic mass is 35.5. The zero-order chi connectivity index (χ0) is 16.7. The second kappa shape index (κ2) is 8.14. The van der Waals surface area contributed by atoms with Crippen LogP contribution >= 0.6 is 11.6 Å². The molecule has 1 aromatic carbocycles. The Morgan fingerprint density at radius 1 is 1.26 bits per heavy atom. The van der Waals surface area contributed by atoms with Gasteiger partial charge in [-0.15, -0.1) is 0 Å². The van der Waals surface area contributed by atoms with Crippen LogP contribution in [0.2, 0.25) is 5.02 Å². The maximum Gasteiger partial charge on any atom is 0.337 e. The number of pyridine rings is 1. The van der Waals surface area contributed by atoms with E-state index in [4.69, 9.17) is 11.6 Å². The average Bonchev–Trinajstić information content (AvgIpc) is 2.59. The van der Waals surface area contributed by atoms with Gasteiger partial charge in [-0.2, -0.15) is 0 Å². The highest BCUT2D eigenvalue weighted by molar-refractivity contribution is 6.33. The minimum Gasteiger partial charge on any atom is -0.465 e. The number of amides is 1. The number of halogens is 1. The first-order chi connectivity index (χ1) is 11.1. The van der Waals surface area contributed by atoms with Gasteiger partial charge in [-0.1, -0.05) is 17.7 Å². The molecule has 7 heteroatoms. The highest BCUT2D eigenvalue weighted by Gasteiger charge is 2.10. The van der Waals surface area contributed by atoms with Crippen molar-refractivity contribution in [3.63, 3.8) is 0 Å². The van der Waals surface area contributed by atoms with Gasteiger partial charge in [0.05, 0.1) is 42.2 Å². The van der Waals surface area contributed by atoms with Crippen molar-refractivity contribution >= 4 is 29.2 Å². The third-order valence-electron chi connectivity index (χ3n) is 3.02. The van der Waals surface area contributed by atoms with Crippen LogP contribution in [0.3, 0.4) is 0 Å². The van der Waals surface area contributed by atoms with Crippen LogP contribution in [0.1, 0.15) is 16.1 Å². The maximum absolute atomic E-state index is 11.8. The molecule has 0 saturated heterocycles. The van der Waals surface area contributed by atoms with Crippen molar-refractivity contribution < 1.29 is 14.3 Å². The lowest BCUT2D eigenvalue weighted by Crippen LogP contribution is -2.29. The van der Waals surface area contributed by atoms with Crippen molar-refractivity contribution in [1.29, 1.82) is 0 Å². The smallest absolute Gasteiger partial charge is 0.337 e. The standard InChI is InChI=1S/C16H16ClN3O3/c1-23-16(22)11-5-6-13(17)14(8-11)19-10-15(21)20-9-12-4-2-3-7-18-12/h2-8,19H,9-10H2,1H3,(H,20,21). The van der Waals surface area contributed by atoms with Crippen molar-refractivity contribution in [2.75, 3.05) is 19.0 Å². The van der Waals surface area contributed by atoms with Crippen molar-refractivity contribution in [1.82, 2.24) is 10.3 Å². The summed E-state index contributed by atoms with van der Waals surface area (Å²) < 4.78 is 4.65. The summed E-state index contributed by atoms with van der Waals surface area (Å²) in [5.41, 5.74) is 1.61. The van der Waals surface area contributed by atoms with E-state index in [0.29, 0.717) is 22.8 Å². The van der Waals surface area contributed by atoms with Crippen molar-refractivity contribution in [3.8, 4) is 0 Å². The topological polar surface area (TPSA) is 80.3 Å². The number of methoxy groups -OCH3 is 1. The largest absolute Gasteiger partial charge is 0.465 e. The SMILES string of the molecule is COC(=O)c1ccc(Cl)c(NCC(=O)NCc2ccccn2)c1. The van der Waals surface area contributed by atoms with Crippen LogP contribution in [0.25, 0.3) is 0 Å². The lowest BCUT2D eigenvalue weighted by molar-refractivity contribution is -0.119. The molecule has 2 rings (SSSR count). The minimum atomic E-state index is -0.468. The molecule has 23 heavy (non-hydrogen) atoms. The van der Waals surface area contributed by atoms with Crippen LogP contribution in [0.4, 0.5) is 5.69 Å². The molecule has 0 aliphatic carbocycles. The summed E-state index contributed by atoms with van der Waals surface area (Å²) >= 11 is 6.04. The molecule has 6 nitrogen and oxygen atoms in total. The molecule has 1 amide bonds. The number of hydrogen-bond donors (Lipinski definition) is 2.